The van der Waals surface area contributed by atoms with Crippen molar-refractivity contribution < 1.29 is 28.9 Å². The number of fused-ring (bicyclic) bond motifs is 1. The Balaban J connectivity index is 1.38. The first-order valence-corrected chi connectivity index (χ1v) is 8.59. The molecule has 1 heterocycles. The number of esters is 1. The summed E-state index contributed by atoms with van der Waals surface area (Å²) < 4.78 is 15.6. The predicted octanol–water partition coefficient (Wildman–Crippen LogP) is 3.83. The maximum Gasteiger partial charge on any atom is 0.338 e. The molecule has 0 bridgehead atoms. The first kappa shape index (κ1) is 17.6. The molecule has 1 N–H and O–H groups in total. The van der Waals surface area contributed by atoms with Gasteiger partial charge < -0.3 is 19.3 Å². The van der Waals surface area contributed by atoms with E-state index in [1.807, 2.05) is 0 Å². The molecule has 0 radical (unpaired) electrons. The van der Waals surface area contributed by atoms with Gasteiger partial charge >= 0.3 is 5.97 Å². The van der Waals surface area contributed by atoms with Crippen LogP contribution in [-0.4, -0.2) is 30.3 Å². The first-order valence-electron chi connectivity index (χ1n) is 8.59. The lowest BCUT2D eigenvalue weighted by atomic mass is 10.0. The van der Waals surface area contributed by atoms with Gasteiger partial charge in [0.15, 0.2) is 23.9 Å². The van der Waals surface area contributed by atoms with E-state index in [2.05, 4.69) is 0 Å². The number of carbonyl (C=O) groups excluding carboxylic acids is 2. The summed E-state index contributed by atoms with van der Waals surface area (Å²) in [7, 11) is 0. The number of ether oxygens (including phenoxy) is 3. The lowest BCUT2D eigenvalue weighted by Gasteiger charge is -2.07. The zero-order valence-electron chi connectivity index (χ0n) is 14.8. The molecule has 0 aliphatic carbocycles. The average Bonchev–Trinajstić information content (AvgIpc) is 3.20. The van der Waals surface area contributed by atoms with Crippen molar-refractivity contribution in [2.75, 3.05) is 13.4 Å². The summed E-state index contributed by atoms with van der Waals surface area (Å²) >= 11 is 0. The van der Waals surface area contributed by atoms with E-state index in [1.54, 1.807) is 66.7 Å². The Morgan fingerprint density at radius 1 is 0.821 bits per heavy atom. The Hall–Kier alpha value is -3.80. The molecule has 140 valence electrons. The second-order valence-electron chi connectivity index (χ2n) is 6.19. The number of carbonyl (C=O) groups is 2. The van der Waals surface area contributed by atoms with E-state index >= 15 is 0 Å². The normalized spacial score (nSPS) is 11.9. The highest BCUT2D eigenvalue weighted by Crippen LogP contribution is 2.32. The highest BCUT2D eigenvalue weighted by Gasteiger charge is 2.17. The lowest BCUT2D eigenvalue weighted by molar-refractivity contribution is 0.0475. The van der Waals surface area contributed by atoms with Gasteiger partial charge in [0.2, 0.25) is 6.79 Å². The summed E-state index contributed by atoms with van der Waals surface area (Å²) in [6, 6.07) is 18.4. The molecule has 28 heavy (non-hydrogen) atoms. The molecule has 1 aliphatic rings. The van der Waals surface area contributed by atoms with Crippen LogP contribution in [0.1, 0.15) is 20.7 Å². The van der Waals surface area contributed by atoms with E-state index in [4.69, 9.17) is 14.2 Å². The molecule has 6 heteroatoms. The first-order chi connectivity index (χ1) is 13.6. The fraction of sp³-hybridized carbons (Fsp3) is 0.0909. The van der Waals surface area contributed by atoms with Crippen molar-refractivity contribution in [3.05, 3.63) is 77.9 Å². The maximum atomic E-state index is 12.3. The molecule has 0 saturated carbocycles. The Morgan fingerprint density at radius 2 is 1.43 bits per heavy atom. The standard InChI is InChI=1S/C22H16O6/c23-18-8-5-15(6-9-18)14-1-3-16(4-2-14)22(25)26-12-19(24)17-7-10-20-21(11-17)28-13-27-20/h1-11,23H,12-13H2. The van der Waals surface area contributed by atoms with Crippen LogP contribution in [0.15, 0.2) is 66.7 Å². The third-order valence-electron chi connectivity index (χ3n) is 4.35. The molecule has 4 rings (SSSR count). The van der Waals surface area contributed by atoms with Gasteiger partial charge in [-0.25, -0.2) is 4.79 Å². The highest BCUT2D eigenvalue weighted by molar-refractivity contribution is 6.00. The Bertz CT molecular complexity index is 1020. The van der Waals surface area contributed by atoms with Crippen LogP contribution in [0, 0.1) is 0 Å². The van der Waals surface area contributed by atoms with Crippen molar-refractivity contribution in [1.82, 2.24) is 0 Å². The number of Topliss-reactive ketones (excluding diaryl/α,β-unsaturated/α-hetero) is 1. The third-order valence-corrected chi connectivity index (χ3v) is 4.35. The highest BCUT2D eigenvalue weighted by atomic mass is 16.7. The van der Waals surface area contributed by atoms with E-state index in [1.165, 1.54) is 0 Å². The van der Waals surface area contributed by atoms with Gasteiger partial charge in [-0.15, -0.1) is 0 Å². The van der Waals surface area contributed by atoms with Gasteiger partial charge in [0, 0.05) is 5.56 Å². The lowest BCUT2D eigenvalue weighted by Crippen LogP contribution is -2.14. The maximum absolute atomic E-state index is 12.3. The Labute approximate surface area is 160 Å². The number of phenolic OH excluding ortho intramolecular Hbond substituents is 1. The molecule has 0 unspecified atom stereocenters. The van der Waals surface area contributed by atoms with Crippen molar-refractivity contribution in [2.24, 2.45) is 0 Å². The van der Waals surface area contributed by atoms with Crippen molar-refractivity contribution in [1.29, 1.82) is 0 Å². The van der Waals surface area contributed by atoms with E-state index in [0.29, 0.717) is 22.6 Å². The van der Waals surface area contributed by atoms with E-state index in [9.17, 15) is 14.7 Å². The molecule has 0 aromatic heterocycles. The number of aromatic hydroxyl groups is 1. The SMILES string of the molecule is O=C(COC(=O)c1ccc(-c2ccc(O)cc2)cc1)c1ccc2c(c1)OCO2. The minimum absolute atomic E-state index is 0.127. The molecular weight excluding hydrogens is 360 g/mol. The summed E-state index contributed by atoms with van der Waals surface area (Å²) in [5, 5.41) is 9.35. The average molecular weight is 376 g/mol. The van der Waals surface area contributed by atoms with Crippen LogP contribution in [0.25, 0.3) is 11.1 Å². The van der Waals surface area contributed by atoms with Crippen LogP contribution in [0.3, 0.4) is 0 Å². The van der Waals surface area contributed by atoms with Gasteiger partial charge in [-0.05, 0) is 53.6 Å². The molecule has 6 nitrogen and oxygen atoms in total. The molecule has 3 aromatic carbocycles. The summed E-state index contributed by atoms with van der Waals surface area (Å²) in [5.74, 6) is 0.374. The molecule has 0 spiro atoms. The van der Waals surface area contributed by atoms with Crippen molar-refractivity contribution in [3.8, 4) is 28.4 Å². The van der Waals surface area contributed by atoms with Crippen LogP contribution < -0.4 is 9.47 Å². The van der Waals surface area contributed by atoms with Crippen LogP contribution >= 0.6 is 0 Å². The van der Waals surface area contributed by atoms with E-state index in [0.717, 1.165) is 11.1 Å². The van der Waals surface area contributed by atoms with Gasteiger partial charge in [-0.3, -0.25) is 4.79 Å². The molecule has 0 saturated heterocycles. The van der Waals surface area contributed by atoms with Crippen molar-refractivity contribution in [3.63, 3.8) is 0 Å². The number of rotatable bonds is 5. The summed E-state index contributed by atoms with van der Waals surface area (Å²) in [6.07, 6.45) is 0. The fourth-order valence-corrected chi connectivity index (χ4v) is 2.82. The van der Waals surface area contributed by atoms with Crippen LogP contribution in [0.2, 0.25) is 0 Å². The smallest absolute Gasteiger partial charge is 0.338 e. The third kappa shape index (κ3) is 3.66. The van der Waals surface area contributed by atoms with Gasteiger partial charge in [0.1, 0.15) is 5.75 Å². The monoisotopic (exact) mass is 376 g/mol. The van der Waals surface area contributed by atoms with Crippen molar-refractivity contribution >= 4 is 11.8 Å². The minimum Gasteiger partial charge on any atom is -0.508 e. The van der Waals surface area contributed by atoms with Crippen LogP contribution in [0.4, 0.5) is 0 Å². The number of ketones is 1. The topological polar surface area (TPSA) is 82.1 Å². The number of benzene rings is 3. The summed E-state index contributed by atoms with van der Waals surface area (Å²) in [5.41, 5.74) is 2.55. The largest absolute Gasteiger partial charge is 0.508 e. The van der Waals surface area contributed by atoms with Crippen LogP contribution in [-0.2, 0) is 4.74 Å². The quantitative estimate of drug-likeness (QED) is 0.538. The predicted molar refractivity (Wildman–Crippen MR) is 101 cm³/mol. The number of phenols is 1. The van der Waals surface area contributed by atoms with E-state index < -0.39 is 5.97 Å². The second-order valence-corrected chi connectivity index (χ2v) is 6.19. The zero-order valence-corrected chi connectivity index (χ0v) is 14.8. The molecule has 3 aromatic rings. The molecule has 0 fully saturated rings. The molecule has 1 aliphatic heterocycles. The van der Waals surface area contributed by atoms with Gasteiger partial charge in [-0.1, -0.05) is 24.3 Å². The zero-order chi connectivity index (χ0) is 19.5. The molecule has 0 atom stereocenters. The fourth-order valence-electron chi connectivity index (χ4n) is 2.82. The Morgan fingerprint density at radius 3 is 2.14 bits per heavy atom. The van der Waals surface area contributed by atoms with E-state index in [-0.39, 0.29) is 24.9 Å². The number of hydrogen-bond acceptors (Lipinski definition) is 6. The summed E-state index contributed by atoms with van der Waals surface area (Å²) in [6.45, 7) is -0.236. The van der Waals surface area contributed by atoms with Gasteiger partial charge in [-0.2, -0.15) is 0 Å². The van der Waals surface area contributed by atoms with Crippen LogP contribution in [0.5, 0.6) is 17.2 Å². The Kier molecular flexibility index (Phi) is 4.68. The number of hydrogen-bond donors (Lipinski definition) is 1. The molecular formula is C22H16O6. The second kappa shape index (κ2) is 7.44. The summed E-state index contributed by atoms with van der Waals surface area (Å²) in [4.78, 5) is 24.5. The van der Waals surface area contributed by atoms with Gasteiger partial charge in [0.25, 0.3) is 0 Å². The van der Waals surface area contributed by atoms with Crippen molar-refractivity contribution in [2.45, 2.75) is 0 Å². The minimum atomic E-state index is -0.577. The van der Waals surface area contributed by atoms with Gasteiger partial charge in [0.05, 0.1) is 5.56 Å². The molecule has 0 amide bonds.